The van der Waals surface area contributed by atoms with E-state index in [0.29, 0.717) is 6.54 Å². The lowest BCUT2D eigenvalue weighted by atomic mass is 10.3. The summed E-state index contributed by atoms with van der Waals surface area (Å²) >= 11 is 5.81. The minimum Gasteiger partial charge on any atom is -0.345 e. The third-order valence-electron chi connectivity index (χ3n) is 2.58. The molecule has 0 aromatic carbocycles. The van der Waals surface area contributed by atoms with Crippen LogP contribution in [0, 0.1) is 0 Å². The molecule has 0 spiro atoms. The van der Waals surface area contributed by atoms with E-state index in [4.69, 9.17) is 11.6 Å². The number of pyridine rings is 1. The predicted octanol–water partition coefficient (Wildman–Crippen LogP) is 0.880. The number of rotatable bonds is 5. The molecule has 1 amide bonds. The molecule has 1 atom stereocenters. The highest BCUT2D eigenvalue weighted by Gasteiger charge is 2.25. The summed E-state index contributed by atoms with van der Waals surface area (Å²) in [6, 6.07) is 0.507. The largest absolute Gasteiger partial charge is 0.345 e. The second-order valence-corrected chi connectivity index (χ2v) is 6.09. The van der Waals surface area contributed by atoms with Gasteiger partial charge in [-0.05, 0) is 19.9 Å². The summed E-state index contributed by atoms with van der Waals surface area (Å²) in [5.74, 6) is -0.314. The summed E-state index contributed by atoms with van der Waals surface area (Å²) in [5.41, 5.74) is 0. The first kappa shape index (κ1) is 15.9. The Hall–Kier alpha value is -1.18. The lowest BCUT2D eigenvalue weighted by Crippen LogP contribution is -2.45. The molecule has 19 heavy (non-hydrogen) atoms. The molecule has 1 rings (SSSR count). The number of halogens is 1. The van der Waals surface area contributed by atoms with Crippen molar-refractivity contribution in [2.24, 2.45) is 0 Å². The van der Waals surface area contributed by atoms with Crippen LogP contribution in [0.3, 0.4) is 0 Å². The quantitative estimate of drug-likeness (QED) is 0.876. The molecule has 1 heterocycles. The lowest BCUT2D eigenvalue weighted by Gasteiger charge is -2.20. The van der Waals surface area contributed by atoms with Gasteiger partial charge in [0.25, 0.3) is 0 Å². The van der Waals surface area contributed by atoms with Crippen molar-refractivity contribution in [3.63, 3.8) is 0 Å². The van der Waals surface area contributed by atoms with Crippen molar-refractivity contribution in [1.29, 1.82) is 0 Å². The minimum atomic E-state index is -3.87. The van der Waals surface area contributed by atoms with E-state index >= 15 is 0 Å². The van der Waals surface area contributed by atoms with E-state index in [0.717, 1.165) is 6.20 Å². The molecular weight excluding hydrogens is 290 g/mol. The number of nitrogens with zero attached hydrogens (tertiary/aromatic N) is 2. The van der Waals surface area contributed by atoms with Gasteiger partial charge in [-0.15, -0.1) is 0 Å². The maximum absolute atomic E-state index is 12.1. The first-order valence-electron chi connectivity index (χ1n) is 5.66. The first-order chi connectivity index (χ1) is 8.79. The van der Waals surface area contributed by atoms with Crippen molar-refractivity contribution >= 4 is 27.5 Å². The SMILES string of the molecule is CCN(C)C(=O)C(C)NS(=O)(=O)c1cnccc1Cl. The van der Waals surface area contributed by atoms with E-state index in [1.807, 2.05) is 0 Å². The highest BCUT2D eigenvalue weighted by Crippen LogP contribution is 2.19. The third kappa shape index (κ3) is 3.89. The molecule has 0 fully saturated rings. The summed E-state index contributed by atoms with van der Waals surface area (Å²) in [4.78, 5) is 16.8. The van der Waals surface area contributed by atoms with E-state index in [2.05, 4.69) is 9.71 Å². The number of likely N-dealkylation sites (N-methyl/N-ethyl adjacent to an activating group) is 1. The summed E-state index contributed by atoms with van der Waals surface area (Å²) < 4.78 is 26.4. The predicted molar refractivity (Wildman–Crippen MR) is 72.3 cm³/mol. The fraction of sp³-hybridized carbons (Fsp3) is 0.455. The zero-order valence-electron chi connectivity index (χ0n) is 10.9. The maximum atomic E-state index is 12.1. The third-order valence-corrected chi connectivity index (χ3v) is 4.59. The zero-order valence-corrected chi connectivity index (χ0v) is 12.5. The van der Waals surface area contributed by atoms with Crippen molar-refractivity contribution in [3.05, 3.63) is 23.5 Å². The molecular formula is C11H16ClN3O3S. The van der Waals surface area contributed by atoms with Crippen molar-refractivity contribution in [1.82, 2.24) is 14.6 Å². The number of hydrogen-bond acceptors (Lipinski definition) is 4. The molecule has 1 N–H and O–H groups in total. The average Bonchev–Trinajstić information content (AvgIpc) is 2.36. The van der Waals surface area contributed by atoms with Gasteiger partial charge in [0, 0.05) is 26.0 Å². The fourth-order valence-corrected chi connectivity index (χ4v) is 3.02. The van der Waals surface area contributed by atoms with Crippen LogP contribution in [0.2, 0.25) is 5.02 Å². The molecule has 0 saturated carbocycles. The second kappa shape index (κ2) is 6.31. The standard InChI is InChI=1S/C11H16ClN3O3S/c1-4-15(3)11(16)8(2)14-19(17,18)10-7-13-6-5-9(10)12/h5-8,14H,4H2,1-3H3. The van der Waals surface area contributed by atoms with E-state index in [-0.39, 0.29) is 15.8 Å². The molecule has 1 aromatic rings. The molecule has 0 saturated heterocycles. The van der Waals surface area contributed by atoms with Crippen LogP contribution < -0.4 is 4.72 Å². The van der Waals surface area contributed by atoms with E-state index < -0.39 is 16.1 Å². The number of nitrogens with one attached hydrogen (secondary N) is 1. The monoisotopic (exact) mass is 305 g/mol. The van der Waals surface area contributed by atoms with Gasteiger partial charge in [0.2, 0.25) is 15.9 Å². The number of carbonyl (C=O) groups excluding carboxylic acids is 1. The summed E-state index contributed by atoms with van der Waals surface area (Å²) in [6.45, 7) is 3.78. The smallest absolute Gasteiger partial charge is 0.244 e. The Morgan fingerprint density at radius 1 is 1.58 bits per heavy atom. The number of sulfonamides is 1. The normalized spacial score (nSPS) is 13.1. The molecule has 1 unspecified atom stereocenters. The van der Waals surface area contributed by atoms with Crippen LogP contribution in [-0.2, 0) is 14.8 Å². The molecule has 0 radical (unpaired) electrons. The Morgan fingerprint density at radius 2 is 2.21 bits per heavy atom. The topological polar surface area (TPSA) is 79.4 Å². The van der Waals surface area contributed by atoms with Crippen LogP contribution in [0.4, 0.5) is 0 Å². The Bertz CT molecular complexity index is 562. The molecule has 6 nitrogen and oxygen atoms in total. The van der Waals surface area contributed by atoms with Gasteiger partial charge in [0.1, 0.15) is 4.90 Å². The number of carbonyl (C=O) groups is 1. The molecule has 0 aliphatic rings. The summed E-state index contributed by atoms with van der Waals surface area (Å²) in [5, 5.41) is 0.0611. The zero-order chi connectivity index (χ0) is 14.6. The molecule has 8 heteroatoms. The van der Waals surface area contributed by atoms with Crippen LogP contribution in [0.25, 0.3) is 0 Å². The average molecular weight is 306 g/mol. The fourth-order valence-electron chi connectivity index (χ4n) is 1.39. The lowest BCUT2D eigenvalue weighted by molar-refractivity contribution is -0.131. The van der Waals surface area contributed by atoms with E-state index in [1.165, 1.54) is 24.1 Å². The second-order valence-electron chi connectivity index (χ2n) is 4.00. The van der Waals surface area contributed by atoms with E-state index in [1.54, 1.807) is 14.0 Å². The highest BCUT2D eigenvalue weighted by atomic mass is 35.5. The van der Waals surface area contributed by atoms with Gasteiger partial charge in [-0.3, -0.25) is 9.78 Å². The Balaban J connectivity index is 2.93. The van der Waals surface area contributed by atoms with Crippen LogP contribution >= 0.6 is 11.6 Å². The molecule has 106 valence electrons. The first-order valence-corrected chi connectivity index (χ1v) is 7.52. The van der Waals surface area contributed by atoms with Gasteiger partial charge in [0.05, 0.1) is 11.1 Å². The van der Waals surface area contributed by atoms with Crippen molar-refractivity contribution in [2.75, 3.05) is 13.6 Å². The molecule has 0 aliphatic heterocycles. The van der Waals surface area contributed by atoms with Gasteiger partial charge >= 0.3 is 0 Å². The van der Waals surface area contributed by atoms with Crippen molar-refractivity contribution in [3.8, 4) is 0 Å². The Labute approximate surface area is 117 Å². The van der Waals surface area contributed by atoms with Gasteiger partial charge in [-0.25, -0.2) is 8.42 Å². The van der Waals surface area contributed by atoms with Crippen LogP contribution in [0.1, 0.15) is 13.8 Å². The minimum absolute atomic E-state index is 0.0611. The van der Waals surface area contributed by atoms with Crippen molar-refractivity contribution in [2.45, 2.75) is 24.8 Å². The van der Waals surface area contributed by atoms with Crippen molar-refractivity contribution < 1.29 is 13.2 Å². The summed E-state index contributed by atoms with van der Waals surface area (Å²) in [7, 11) is -2.27. The summed E-state index contributed by atoms with van der Waals surface area (Å²) in [6.07, 6.45) is 2.53. The van der Waals surface area contributed by atoms with Gasteiger partial charge in [0.15, 0.2) is 0 Å². The van der Waals surface area contributed by atoms with Gasteiger partial charge < -0.3 is 4.90 Å². The Morgan fingerprint density at radius 3 is 2.74 bits per heavy atom. The number of hydrogen-bond donors (Lipinski definition) is 1. The Kier molecular flexibility index (Phi) is 5.28. The maximum Gasteiger partial charge on any atom is 0.244 e. The van der Waals surface area contributed by atoms with Gasteiger partial charge in [-0.2, -0.15) is 4.72 Å². The van der Waals surface area contributed by atoms with Crippen LogP contribution in [0.15, 0.2) is 23.4 Å². The molecule has 1 aromatic heterocycles. The van der Waals surface area contributed by atoms with Crippen LogP contribution in [-0.4, -0.2) is 43.8 Å². The molecule has 0 aliphatic carbocycles. The van der Waals surface area contributed by atoms with Crippen LogP contribution in [0.5, 0.6) is 0 Å². The number of aromatic nitrogens is 1. The van der Waals surface area contributed by atoms with E-state index in [9.17, 15) is 13.2 Å². The van der Waals surface area contributed by atoms with Gasteiger partial charge in [-0.1, -0.05) is 11.6 Å². The molecule has 0 bridgehead atoms. The highest BCUT2D eigenvalue weighted by molar-refractivity contribution is 7.89. The number of amides is 1.